The second-order valence-corrected chi connectivity index (χ2v) is 4.84. The first-order valence-electron chi connectivity index (χ1n) is 5.84. The number of anilines is 1. The number of hydrogen-bond acceptors (Lipinski definition) is 6. The van der Waals surface area contributed by atoms with Gasteiger partial charge in [-0.3, -0.25) is 4.79 Å². The van der Waals surface area contributed by atoms with Crippen molar-refractivity contribution in [3.05, 3.63) is 35.9 Å². The Morgan fingerprint density at radius 3 is 2.90 bits per heavy atom. The molecule has 0 spiro atoms. The molecule has 4 N–H and O–H groups in total. The third-order valence-corrected chi connectivity index (χ3v) is 3.20. The van der Waals surface area contributed by atoms with Crippen molar-refractivity contribution in [3.63, 3.8) is 0 Å². The van der Waals surface area contributed by atoms with Crippen LogP contribution in [0.5, 0.6) is 0 Å². The van der Waals surface area contributed by atoms with Gasteiger partial charge in [0.25, 0.3) is 0 Å². The number of nitrogens with two attached hydrogens (primary N) is 1. The zero-order chi connectivity index (χ0) is 14.4. The lowest BCUT2D eigenvalue weighted by atomic mass is 10.1. The van der Waals surface area contributed by atoms with Crippen molar-refractivity contribution in [2.24, 2.45) is 10.8 Å². The molecule has 8 heteroatoms. The first-order chi connectivity index (χ1) is 9.65. The average molecular weight is 290 g/mol. The molecule has 1 aromatic carbocycles. The Morgan fingerprint density at radius 1 is 1.45 bits per heavy atom. The number of hydrogen-bond donors (Lipinski definition) is 3. The number of carbonyl (C=O) groups excluding carboxylic acids is 1. The van der Waals surface area contributed by atoms with Crippen LogP contribution in [0.2, 0.25) is 0 Å². The van der Waals surface area contributed by atoms with Crippen LogP contribution in [0.4, 0.5) is 5.95 Å². The van der Waals surface area contributed by atoms with E-state index in [1.807, 2.05) is 37.3 Å². The molecule has 0 atom stereocenters. The third-order valence-electron chi connectivity index (χ3n) is 2.33. The van der Waals surface area contributed by atoms with Gasteiger partial charge in [-0.15, -0.1) is 5.10 Å². The van der Waals surface area contributed by atoms with Crippen molar-refractivity contribution in [2.45, 2.75) is 12.1 Å². The SMILES string of the molecule is C/C(=N\Nc1nc(SCC(N)=O)n[nH]1)c1ccccc1. The van der Waals surface area contributed by atoms with Gasteiger partial charge in [0.15, 0.2) is 0 Å². The van der Waals surface area contributed by atoms with Gasteiger partial charge in [-0.05, 0) is 12.5 Å². The maximum absolute atomic E-state index is 10.6. The molecule has 104 valence electrons. The molecule has 2 aromatic rings. The van der Waals surface area contributed by atoms with Gasteiger partial charge in [-0.1, -0.05) is 42.1 Å². The zero-order valence-corrected chi connectivity index (χ0v) is 11.6. The molecule has 0 fully saturated rings. The van der Waals surface area contributed by atoms with Crippen LogP contribution in [0, 0.1) is 0 Å². The number of nitrogens with zero attached hydrogens (tertiary/aromatic N) is 3. The van der Waals surface area contributed by atoms with Crippen molar-refractivity contribution in [1.29, 1.82) is 0 Å². The Hall–Kier alpha value is -2.35. The smallest absolute Gasteiger partial charge is 0.240 e. The van der Waals surface area contributed by atoms with E-state index < -0.39 is 5.91 Å². The van der Waals surface area contributed by atoms with Gasteiger partial charge in [-0.2, -0.15) is 10.1 Å². The molecule has 1 heterocycles. The Balaban J connectivity index is 1.95. The number of nitrogens with one attached hydrogen (secondary N) is 2. The monoisotopic (exact) mass is 290 g/mol. The molecule has 0 bridgehead atoms. The summed E-state index contributed by atoms with van der Waals surface area (Å²) in [5.74, 6) is 0.142. The predicted octanol–water partition coefficient (Wildman–Crippen LogP) is 1.22. The van der Waals surface area contributed by atoms with Gasteiger partial charge in [-0.25, -0.2) is 10.5 Å². The molecule has 1 amide bonds. The van der Waals surface area contributed by atoms with E-state index in [4.69, 9.17) is 5.73 Å². The van der Waals surface area contributed by atoms with Crippen LogP contribution in [0.1, 0.15) is 12.5 Å². The second kappa shape index (κ2) is 6.71. The summed E-state index contributed by atoms with van der Waals surface area (Å²) in [4.78, 5) is 14.8. The van der Waals surface area contributed by atoms with Gasteiger partial charge in [0.1, 0.15) is 0 Å². The molecule has 2 rings (SSSR count). The quantitative estimate of drug-likeness (QED) is 0.421. The number of aromatic nitrogens is 3. The fraction of sp³-hybridized carbons (Fsp3) is 0.167. The zero-order valence-electron chi connectivity index (χ0n) is 10.8. The Labute approximate surface area is 120 Å². The summed E-state index contributed by atoms with van der Waals surface area (Å²) in [6.07, 6.45) is 0. The van der Waals surface area contributed by atoms with E-state index in [9.17, 15) is 4.79 Å². The minimum Gasteiger partial charge on any atom is -0.369 e. The van der Waals surface area contributed by atoms with Gasteiger partial charge < -0.3 is 5.73 Å². The van der Waals surface area contributed by atoms with E-state index in [1.165, 1.54) is 0 Å². The van der Waals surface area contributed by atoms with Crippen molar-refractivity contribution in [3.8, 4) is 0 Å². The fourth-order valence-corrected chi connectivity index (χ4v) is 1.91. The summed E-state index contributed by atoms with van der Waals surface area (Å²) in [5.41, 5.74) is 9.67. The molecule has 0 saturated heterocycles. The summed E-state index contributed by atoms with van der Waals surface area (Å²) >= 11 is 1.16. The second-order valence-electron chi connectivity index (χ2n) is 3.90. The Kier molecular flexibility index (Phi) is 4.72. The average Bonchev–Trinajstić information content (AvgIpc) is 2.91. The molecule has 0 aliphatic heterocycles. The van der Waals surface area contributed by atoms with E-state index in [-0.39, 0.29) is 5.75 Å². The number of aromatic amines is 1. The topological polar surface area (TPSA) is 109 Å². The Bertz CT molecular complexity index is 609. The molecule has 0 saturated carbocycles. The summed E-state index contributed by atoms with van der Waals surface area (Å²) < 4.78 is 0. The van der Waals surface area contributed by atoms with Crippen LogP contribution < -0.4 is 11.2 Å². The molecule has 7 nitrogen and oxygen atoms in total. The molecule has 1 aromatic heterocycles. The molecule has 20 heavy (non-hydrogen) atoms. The molecule has 0 aliphatic rings. The van der Waals surface area contributed by atoms with Crippen LogP contribution in [-0.2, 0) is 4.79 Å². The Morgan fingerprint density at radius 2 is 2.20 bits per heavy atom. The largest absolute Gasteiger partial charge is 0.369 e. The van der Waals surface area contributed by atoms with Gasteiger partial charge in [0.05, 0.1) is 11.5 Å². The van der Waals surface area contributed by atoms with Crippen LogP contribution in [-0.4, -0.2) is 32.6 Å². The predicted molar refractivity (Wildman–Crippen MR) is 78.6 cm³/mol. The van der Waals surface area contributed by atoms with E-state index in [0.717, 1.165) is 23.0 Å². The normalized spacial score (nSPS) is 11.3. The van der Waals surface area contributed by atoms with E-state index in [2.05, 4.69) is 25.7 Å². The number of thioether (sulfide) groups is 1. The van der Waals surface area contributed by atoms with Crippen molar-refractivity contribution < 1.29 is 4.79 Å². The van der Waals surface area contributed by atoms with E-state index in [0.29, 0.717) is 11.1 Å². The highest BCUT2D eigenvalue weighted by molar-refractivity contribution is 7.99. The number of hydrazone groups is 1. The molecule has 0 aliphatic carbocycles. The number of rotatable bonds is 6. The summed E-state index contributed by atoms with van der Waals surface area (Å²) in [6, 6.07) is 9.77. The van der Waals surface area contributed by atoms with Crippen LogP contribution in [0.15, 0.2) is 40.6 Å². The fourth-order valence-electron chi connectivity index (χ4n) is 1.38. The lowest BCUT2D eigenvalue weighted by Crippen LogP contribution is -2.13. The van der Waals surface area contributed by atoms with Crippen LogP contribution in [0.25, 0.3) is 0 Å². The maximum atomic E-state index is 10.6. The first-order valence-corrected chi connectivity index (χ1v) is 6.83. The van der Waals surface area contributed by atoms with Crippen molar-refractivity contribution >= 4 is 29.3 Å². The highest BCUT2D eigenvalue weighted by Gasteiger charge is 2.05. The minimum atomic E-state index is -0.410. The third kappa shape index (κ3) is 4.09. The maximum Gasteiger partial charge on any atom is 0.240 e. The van der Waals surface area contributed by atoms with Gasteiger partial charge in [0, 0.05) is 0 Å². The number of primary amides is 1. The van der Waals surface area contributed by atoms with Crippen LogP contribution >= 0.6 is 11.8 Å². The highest BCUT2D eigenvalue weighted by atomic mass is 32.2. The minimum absolute atomic E-state index is 0.142. The number of H-pyrrole nitrogens is 1. The molecule has 0 radical (unpaired) electrons. The standard InChI is InChI=1S/C12H14N6OS/c1-8(9-5-3-2-4-6-9)15-16-11-14-12(18-17-11)20-7-10(13)19/h2-6H,7H2,1H3,(H2,13,19)(H2,14,16,17,18)/b15-8+. The van der Waals surface area contributed by atoms with Crippen molar-refractivity contribution in [2.75, 3.05) is 11.2 Å². The van der Waals surface area contributed by atoms with E-state index >= 15 is 0 Å². The number of benzene rings is 1. The molecular weight excluding hydrogens is 276 g/mol. The summed E-state index contributed by atoms with van der Waals surface area (Å²) in [6.45, 7) is 1.89. The lowest BCUT2D eigenvalue weighted by Gasteiger charge is -2.00. The number of amides is 1. The van der Waals surface area contributed by atoms with Gasteiger partial charge in [0.2, 0.25) is 17.0 Å². The summed E-state index contributed by atoms with van der Waals surface area (Å²) in [5, 5.41) is 11.3. The summed E-state index contributed by atoms with van der Waals surface area (Å²) in [7, 11) is 0. The van der Waals surface area contributed by atoms with Crippen LogP contribution in [0.3, 0.4) is 0 Å². The molecular formula is C12H14N6OS. The van der Waals surface area contributed by atoms with E-state index in [1.54, 1.807) is 0 Å². The van der Waals surface area contributed by atoms with Gasteiger partial charge >= 0.3 is 0 Å². The van der Waals surface area contributed by atoms with Crippen molar-refractivity contribution in [1.82, 2.24) is 15.2 Å². The lowest BCUT2D eigenvalue weighted by molar-refractivity contribution is -0.115. The first kappa shape index (κ1) is 14.1. The molecule has 0 unspecified atom stereocenters. The highest BCUT2D eigenvalue weighted by Crippen LogP contribution is 2.13. The number of carbonyl (C=O) groups is 1.